The zero-order chi connectivity index (χ0) is 15.5. The molecule has 0 aromatic heterocycles. The molecule has 1 unspecified atom stereocenters. The Hall–Kier alpha value is -0.720. The lowest BCUT2D eigenvalue weighted by Gasteiger charge is -2.26. The minimum absolute atomic E-state index is 0.0176. The molecular formula is C14H24N2O2S2. The smallest absolute Gasteiger partial charge is 0.245 e. The van der Waals surface area contributed by atoms with E-state index in [1.807, 2.05) is 27.0 Å². The van der Waals surface area contributed by atoms with Crippen LogP contribution in [0.15, 0.2) is 17.0 Å². The number of nitrogens with zero attached hydrogens (tertiary/aromatic N) is 1. The predicted molar refractivity (Wildman–Crippen MR) is 87.7 cm³/mol. The van der Waals surface area contributed by atoms with Crippen molar-refractivity contribution in [2.24, 2.45) is 0 Å². The average Bonchev–Trinajstić information content (AvgIpc) is 2.39. The van der Waals surface area contributed by atoms with Crippen molar-refractivity contribution in [2.45, 2.75) is 38.1 Å². The van der Waals surface area contributed by atoms with Crippen LogP contribution in [0.25, 0.3) is 0 Å². The molecule has 0 amide bonds. The first-order chi connectivity index (χ1) is 9.25. The SMILES string of the molecule is CCC(CSC)N(C)S(=O)(=O)c1cc(C)c(C)cc1N. The lowest BCUT2D eigenvalue weighted by Crippen LogP contribution is -2.38. The Morgan fingerprint density at radius 1 is 1.30 bits per heavy atom. The molecule has 0 aliphatic heterocycles. The molecule has 20 heavy (non-hydrogen) atoms. The van der Waals surface area contributed by atoms with Gasteiger partial charge in [0.15, 0.2) is 0 Å². The molecule has 4 nitrogen and oxygen atoms in total. The molecule has 1 rings (SSSR count). The molecule has 0 aliphatic carbocycles. The van der Waals surface area contributed by atoms with Gasteiger partial charge in [0.25, 0.3) is 0 Å². The number of anilines is 1. The second-order valence-corrected chi connectivity index (χ2v) is 7.89. The van der Waals surface area contributed by atoms with Crippen LogP contribution in [0, 0.1) is 13.8 Å². The zero-order valence-corrected chi connectivity index (χ0v) is 14.4. The number of sulfonamides is 1. The number of benzene rings is 1. The molecule has 1 atom stereocenters. The van der Waals surface area contributed by atoms with Crippen LogP contribution in [0.5, 0.6) is 0 Å². The summed E-state index contributed by atoms with van der Waals surface area (Å²) in [5, 5.41) is 0. The largest absolute Gasteiger partial charge is 0.398 e. The minimum Gasteiger partial charge on any atom is -0.398 e. The fourth-order valence-electron chi connectivity index (χ4n) is 2.06. The first kappa shape index (κ1) is 17.3. The van der Waals surface area contributed by atoms with E-state index < -0.39 is 10.0 Å². The van der Waals surface area contributed by atoms with Crippen LogP contribution in [-0.4, -0.2) is 37.8 Å². The Labute approximate surface area is 126 Å². The number of nitrogen functional groups attached to an aromatic ring is 1. The molecular weight excluding hydrogens is 292 g/mol. The van der Waals surface area contributed by atoms with Crippen LogP contribution >= 0.6 is 11.8 Å². The summed E-state index contributed by atoms with van der Waals surface area (Å²) in [5.74, 6) is 0.775. The molecule has 1 aromatic rings. The van der Waals surface area contributed by atoms with Crippen molar-refractivity contribution in [1.29, 1.82) is 0 Å². The Morgan fingerprint density at radius 2 is 1.85 bits per heavy atom. The first-order valence-electron chi connectivity index (χ1n) is 6.59. The van der Waals surface area contributed by atoms with Crippen molar-refractivity contribution in [3.63, 3.8) is 0 Å². The summed E-state index contributed by atoms with van der Waals surface area (Å²) in [6, 6.07) is 3.38. The summed E-state index contributed by atoms with van der Waals surface area (Å²) >= 11 is 1.65. The van der Waals surface area contributed by atoms with Crippen molar-refractivity contribution in [3.8, 4) is 0 Å². The maximum Gasteiger partial charge on any atom is 0.245 e. The molecule has 0 fully saturated rings. The molecule has 6 heteroatoms. The summed E-state index contributed by atoms with van der Waals surface area (Å²) < 4.78 is 26.9. The summed E-state index contributed by atoms with van der Waals surface area (Å²) in [6.45, 7) is 5.82. The Kier molecular flexibility index (Phi) is 5.91. The van der Waals surface area contributed by atoms with Gasteiger partial charge >= 0.3 is 0 Å². The molecule has 0 heterocycles. The van der Waals surface area contributed by atoms with Crippen LogP contribution in [0.1, 0.15) is 24.5 Å². The lowest BCUT2D eigenvalue weighted by atomic mass is 10.1. The lowest BCUT2D eigenvalue weighted by molar-refractivity contribution is 0.385. The summed E-state index contributed by atoms with van der Waals surface area (Å²) in [6.07, 6.45) is 2.76. The number of aryl methyl sites for hydroxylation is 2. The maximum atomic E-state index is 12.7. The molecule has 0 saturated carbocycles. The number of rotatable bonds is 6. The van der Waals surface area contributed by atoms with Gasteiger partial charge < -0.3 is 5.73 Å². The van der Waals surface area contributed by atoms with Gasteiger partial charge in [-0.25, -0.2) is 8.42 Å². The Bertz CT molecular complexity index is 571. The van der Waals surface area contributed by atoms with E-state index >= 15 is 0 Å². The van der Waals surface area contributed by atoms with E-state index in [1.54, 1.807) is 30.9 Å². The number of hydrogen-bond acceptors (Lipinski definition) is 4. The van der Waals surface area contributed by atoms with E-state index in [0.717, 1.165) is 23.3 Å². The molecule has 0 bridgehead atoms. The molecule has 0 aliphatic rings. The quantitative estimate of drug-likeness (QED) is 0.820. The summed E-state index contributed by atoms with van der Waals surface area (Å²) in [5.41, 5.74) is 8.17. The highest BCUT2D eigenvalue weighted by Gasteiger charge is 2.28. The van der Waals surface area contributed by atoms with Crippen molar-refractivity contribution < 1.29 is 8.42 Å². The van der Waals surface area contributed by atoms with Gasteiger partial charge in [0.05, 0.1) is 5.69 Å². The molecule has 114 valence electrons. The predicted octanol–water partition coefficient (Wildman–Crippen LogP) is 2.65. The number of thioether (sulfide) groups is 1. The van der Waals surface area contributed by atoms with E-state index in [0.29, 0.717) is 5.69 Å². The monoisotopic (exact) mass is 316 g/mol. The van der Waals surface area contributed by atoms with Crippen molar-refractivity contribution >= 4 is 27.5 Å². The fourth-order valence-corrected chi connectivity index (χ4v) is 4.61. The van der Waals surface area contributed by atoms with Gasteiger partial charge in [-0.05, 0) is 49.8 Å². The van der Waals surface area contributed by atoms with Crippen LogP contribution in [0.2, 0.25) is 0 Å². The van der Waals surface area contributed by atoms with Gasteiger partial charge in [-0.2, -0.15) is 16.1 Å². The van der Waals surface area contributed by atoms with Crippen LogP contribution < -0.4 is 5.73 Å². The third-order valence-electron chi connectivity index (χ3n) is 3.63. The van der Waals surface area contributed by atoms with E-state index in [4.69, 9.17) is 5.73 Å². The van der Waals surface area contributed by atoms with Gasteiger partial charge in [0, 0.05) is 18.8 Å². The summed E-state index contributed by atoms with van der Waals surface area (Å²) in [4.78, 5) is 0.211. The third-order valence-corrected chi connectivity index (χ3v) is 6.31. The molecule has 0 radical (unpaired) electrons. The molecule has 2 N–H and O–H groups in total. The van der Waals surface area contributed by atoms with Crippen LogP contribution in [0.3, 0.4) is 0 Å². The normalized spacial score (nSPS) is 13.7. The van der Waals surface area contributed by atoms with Gasteiger partial charge in [0.2, 0.25) is 10.0 Å². The minimum atomic E-state index is -3.55. The molecule has 1 aromatic carbocycles. The van der Waals surface area contributed by atoms with Crippen LogP contribution in [0.4, 0.5) is 5.69 Å². The van der Waals surface area contributed by atoms with E-state index in [1.165, 1.54) is 4.31 Å². The van der Waals surface area contributed by atoms with Crippen LogP contribution in [-0.2, 0) is 10.0 Å². The third kappa shape index (κ3) is 3.48. The van der Waals surface area contributed by atoms with Gasteiger partial charge in [0.1, 0.15) is 4.90 Å². The number of hydrogen-bond donors (Lipinski definition) is 1. The van der Waals surface area contributed by atoms with E-state index in [2.05, 4.69) is 0 Å². The topological polar surface area (TPSA) is 63.4 Å². The maximum absolute atomic E-state index is 12.7. The van der Waals surface area contributed by atoms with Gasteiger partial charge in [-0.1, -0.05) is 6.92 Å². The summed E-state index contributed by atoms with van der Waals surface area (Å²) in [7, 11) is -1.91. The van der Waals surface area contributed by atoms with Crippen molar-refractivity contribution in [2.75, 3.05) is 24.8 Å². The van der Waals surface area contributed by atoms with Gasteiger partial charge in [-0.3, -0.25) is 0 Å². The van der Waals surface area contributed by atoms with Crippen molar-refractivity contribution in [1.82, 2.24) is 4.31 Å². The Morgan fingerprint density at radius 3 is 2.35 bits per heavy atom. The van der Waals surface area contributed by atoms with E-state index in [-0.39, 0.29) is 10.9 Å². The second kappa shape index (κ2) is 6.83. The first-order valence-corrected chi connectivity index (χ1v) is 9.42. The Balaban J connectivity index is 3.26. The zero-order valence-electron chi connectivity index (χ0n) is 12.8. The van der Waals surface area contributed by atoms with E-state index in [9.17, 15) is 8.42 Å². The fraction of sp³-hybridized carbons (Fsp3) is 0.571. The van der Waals surface area contributed by atoms with Gasteiger partial charge in [-0.15, -0.1) is 0 Å². The standard InChI is InChI=1S/C14H24N2O2S2/c1-6-12(9-19-5)16(4)20(17,18)14-8-11(3)10(2)7-13(14)15/h7-8,12H,6,9,15H2,1-5H3. The second-order valence-electron chi connectivity index (χ2n) is 5.01. The number of nitrogens with two attached hydrogens (primary N) is 1. The van der Waals surface area contributed by atoms with Crippen molar-refractivity contribution in [3.05, 3.63) is 23.3 Å². The molecule has 0 saturated heterocycles. The highest BCUT2D eigenvalue weighted by Crippen LogP contribution is 2.27. The average molecular weight is 316 g/mol. The highest BCUT2D eigenvalue weighted by atomic mass is 32.2. The highest BCUT2D eigenvalue weighted by molar-refractivity contribution is 7.98. The molecule has 0 spiro atoms.